The highest BCUT2D eigenvalue weighted by molar-refractivity contribution is 5.72. The highest BCUT2D eigenvalue weighted by Gasteiger charge is 2.07. The summed E-state index contributed by atoms with van der Waals surface area (Å²) in [6.45, 7) is 0. The van der Waals surface area contributed by atoms with Gasteiger partial charge in [0.15, 0.2) is 0 Å². The molecule has 7 heteroatoms. The van der Waals surface area contributed by atoms with Gasteiger partial charge in [-0.25, -0.2) is 4.68 Å². The summed E-state index contributed by atoms with van der Waals surface area (Å²) in [5.74, 6) is 0.943. The smallest absolute Gasteiger partial charge is 0.311 e. The van der Waals surface area contributed by atoms with Gasteiger partial charge < -0.3 is 9.15 Å². The van der Waals surface area contributed by atoms with Gasteiger partial charge in [-0.3, -0.25) is 4.79 Å². The van der Waals surface area contributed by atoms with Gasteiger partial charge in [-0.1, -0.05) is 0 Å². The molecule has 106 valence electrons. The summed E-state index contributed by atoms with van der Waals surface area (Å²) in [6, 6.07) is 10.5. The van der Waals surface area contributed by atoms with Crippen molar-refractivity contribution in [3.05, 3.63) is 54.7 Å². The SMILES string of the molecule is O=C(CCc1ccco1)Oc1ccc(-n2cnnn2)cc1. The lowest BCUT2D eigenvalue weighted by molar-refractivity contribution is -0.134. The third-order valence-corrected chi connectivity index (χ3v) is 2.84. The molecule has 1 aromatic carbocycles. The van der Waals surface area contributed by atoms with Crippen molar-refractivity contribution < 1.29 is 13.9 Å². The monoisotopic (exact) mass is 284 g/mol. The first-order valence-electron chi connectivity index (χ1n) is 6.38. The van der Waals surface area contributed by atoms with Crippen LogP contribution in [0.2, 0.25) is 0 Å². The van der Waals surface area contributed by atoms with Crippen LogP contribution in [0.5, 0.6) is 5.75 Å². The number of furan rings is 1. The number of tetrazole rings is 1. The van der Waals surface area contributed by atoms with E-state index in [9.17, 15) is 4.79 Å². The first kappa shape index (κ1) is 13.0. The van der Waals surface area contributed by atoms with Crippen LogP contribution >= 0.6 is 0 Å². The minimum atomic E-state index is -0.304. The number of carbonyl (C=O) groups excluding carboxylic acids is 1. The number of aromatic nitrogens is 4. The van der Waals surface area contributed by atoms with Gasteiger partial charge in [0, 0.05) is 6.42 Å². The number of rotatable bonds is 5. The molecule has 0 aliphatic rings. The van der Waals surface area contributed by atoms with E-state index >= 15 is 0 Å². The van der Waals surface area contributed by atoms with E-state index in [4.69, 9.17) is 9.15 Å². The quantitative estimate of drug-likeness (QED) is 0.524. The Morgan fingerprint density at radius 1 is 1.24 bits per heavy atom. The lowest BCUT2D eigenvalue weighted by Gasteiger charge is -2.05. The van der Waals surface area contributed by atoms with Crippen molar-refractivity contribution in [1.82, 2.24) is 20.2 Å². The Hall–Kier alpha value is -2.96. The molecular weight excluding hydrogens is 272 g/mol. The standard InChI is InChI=1S/C14H12N4O3/c19-14(8-7-12-2-1-9-20-12)21-13-5-3-11(4-6-13)18-10-15-16-17-18/h1-6,9-10H,7-8H2. The Kier molecular flexibility index (Phi) is 3.72. The molecule has 0 aliphatic carbocycles. The van der Waals surface area contributed by atoms with E-state index in [-0.39, 0.29) is 12.4 Å². The number of esters is 1. The summed E-state index contributed by atoms with van der Waals surface area (Å²) in [5, 5.41) is 10.9. The molecule has 0 fully saturated rings. The van der Waals surface area contributed by atoms with Crippen molar-refractivity contribution >= 4 is 5.97 Å². The van der Waals surface area contributed by atoms with E-state index in [0.717, 1.165) is 11.4 Å². The summed E-state index contributed by atoms with van der Waals surface area (Å²) < 4.78 is 11.9. The Bertz CT molecular complexity index is 690. The predicted octanol–water partition coefficient (Wildman–Crippen LogP) is 1.79. The number of ether oxygens (including phenoxy) is 1. The van der Waals surface area contributed by atoms with Crippen LogP contribution in [0.25, 0.3) is 5.69 Å². The molecule has 7 nitrogen and oxygen atoms in total. The minimum absolute atomic E-state index is 0.266. The minimum Gasteiger partial charge on any atom is -0.469 e. The summed E-state index contributed by atoms with van der Waals surface area (Å²) >= 11 is 0. The third-order valence-electron chi connectivity index (χ3n) is 2.84. The number of nitrogens with zero attached hydrogens (tertiary/aromatic N) is 4. The highest BCUT2D eigenvalue weighted by atomic mass is 16.5. The fraction of sp³-hybridized carbons (Fsp3) is 0.143. The number of hydrogen-bond acceptors (Lipinski definition) is 6. The molecule has 0 saturated carbocycles. The molecule has 0 radical (unpaired) electrons. The third kappa shape index (κ3) is 3.33. The molecule has 2 aromatic heterocycles. The van der Waals surface area contributed by atoms with Crippen molar-refractivity contribution in [2.75, 3.05) is 0 Å². The first-order valence-corrected chi connectivity index (χ1v) is 6.38. The fourth-order valence-corrected chi connectivity index (χ4v) is 1.81. The van der Waals surface area contributed by atoms with Crippen LogP contribution in [0.15, 0.2) is 53.4 Å². The molecule has 0 aliphatic heterocycles. The molecule has 0 amide bonds. The average molecular weight is 284 g/mol. The largest absolute Gasteiger partial charge is 0.469 e. The molecule has 0 atom stereocenters. The molecule has 0 unspecified atom stereocenters. The van der Waals surface area contributed by atoms with E-state index in [2.05, 4.69) is 15.5 Å². The van der Waals surface area contributed by atoms with Gasteiger partial charge >= 0.3 is 5.97 Å². The lowest BCUT2D eigenvalue weighted by Crippen LogP contribution is -2.08. The summed E-state index contributed by atoms with van der Waals surface area (Å²) in [5.41, 5.74) is 0.787. The number of hydrogen-bond donors (Lipinski definition) is 0. The van der Waals surface area contributed by atoms with Crippen LogP contribution in [0.4, 0.5) is 0 Å². The Morgan fingerprint density at radius 3 is 2.76 bits per heavy atom. The van der Waals surface area contributed by atoms with Crippen molar-refractivity contribution in [2.24, 2.45) is 0 Å². The second kappa shape index (κ2) is 6.00. The van der Waals surface area contributed by atoms with Gasteiger partial charge in [0.05, 0.1) is 18.4 Å². The molecule has 2 heterocycles. The number of carbonyl (C=O) groups is 1. The number of aryl methyl sites for hydroxylation is 1. The normalized spacial score (nSPS) is 10.5. The molecule has 3 rings (SSSR count). The van der Waals surface area contributed by atoms with Gasteiger partial charge in [-0.05, 0) is 46.8 Å². The molecule has 0 N–H and O–H groups in total. The van der Waals surface area contributed by atoms with Crippen LogP contribution in [-0.4, -0.2) is 26.2 Å². The van der Waals surface area contributed by atoms with E-state index in [0.29, 0.717) is 12.2 Å². The van der Waals surface area contributed by atoms with Gasteiger partial charge in [0.25, 0.3) is 0 Å². The zero-order valence-electron chi connectivity index (χ0n) is 11.0. The first-order chi connectivity index (χ1) is 10.3. The van der Waals surface area contributed by atoms with Gasteiger partial charge in [-0.2, -0.15) is 0 Å². The van der Waals surface area contributed by atoms with Crippen molar-refractivity contribution in [3.8, 4) is 11.4 Å². The van der Waals surface area contributed by atoms with Crippen LogP contribution < -0.4 is 4.74 Å². The lowest BCUT2D eigenvalue weighted by atomic mass is 10.2. The van der Waals surface area contributed by atoms with Crippen LogP contribution in [-0.2, 0) is 11.2 Å². The van der Waals surface area contributed by atoms with Crippen LogP contribution in [0.1, 0.15) is 12.2 Å². The second-order valence-electron chi connectivity index (χ2n) is 4.30. The van der Waals surface area contributed by atoms with Gasteiger partial charge in [0.2, 0.25) is 0 Å². The zero-order chi connectivity index (χ0) is 14.5. The van der Waals surface area contributed by atoms with Crippen LogP contribution in [0.3, 0.4) is 0 Å². The maximum Gasteiger partial charge on any atom is 0.311 e. The summed E-state index contributed by atoms with van der Waals surface area (Å²) in [4.78, 5) is 11.7. The second-order valence-corrected chi connectivity index (χ2v) is 4.30. The Balaban J connectivity index is 1.56. The van der Waals surface area contributed by atoms with Crippen molar-refractivity contribution in [1.29, 1.82) is 0 Å². The van der Waals surface area contributed by atoms with E-state index in [1.807, 2.05) is 6.07 Å². The van der Waals surface area contributed by atoms with Crippen molar-refractivity contribution in [2.45, 2.75) is 12.8 Å². The van der Waals surface area contributed by atoms with E-state index < -0.39 is 0 Å². The zero-order valence-corrected chi connectivity index (χ0v) is 11.0. The van der Waals surface area contributed by atoms with E-state index in [1.54, 1.807) is 36.6 Å². The Morgan fingerprint density at radius 2 is 2.10 bits per heavy atom. The van der Waals surface area contributed by atoms with Gasteiger partial charge in [0.1, 0.15) is 17.8 Å². The van der Waals surface area contributed by atoms with E-state index in [1.165, 1.54) is 11.0 Å². The van der Waals surface area contributed by atoms with Gasteiger partial charge in [-0.15, -0.1) is 5.10 Å². The predicted molar refractivity (Wildman–Crippen MR) is 71.8 cm³/mol. The molecule has 0 saturated heterocycles. The van der Waals surface area contributed by atoms with Crippen molar-refractivity contribution in [3.63, 3.8) is 0 Å². The molecular formula is C14H12N4O3. The molecule has 0 spiro atoms. The topological polar surface area (TPSA) is 83.0 Å². The molecule has 21 heavy (non-hydrogen) atoms. The summed E-state index contributed by atoms with van der Waals surface area (Å²) in [7, 11) is 0. The highest BCUT2D eigenvalue weighted by Crippen LogP contribution is 2.15. The summed E-state index contributed by atoms with van der Waals surface area (Å²) in [6.07, 6.45) is 3.86. The van der Waals surface area contributed by atoms with Crippen LogP contribution in [0, 0.1) is 0 Å². The molecule has 3 aromatic rings. The fourth-order valence-electron chi connectivity index (χ4n) is 1.81. The maximum atomic E-state index is 11.7. The molecule has 0 bridgehead atoms. The maximum absolute atomic E-state index is 11.7. The number of benzene rings is 1. The Labute approximate surface area is 120 Å². The average Bonchev–Trinajstić information content (AvgIpc) is 3.19.